The standard InChI is InChI=1S/C18H22FN3O2/c1-10-8-20-22(9-10)18-14(7-15(18)23)21-13-5-3-12-11(13)4-6-16(24-2)17(12)19/h4,6,8-9,13-15,18,21,23H,3,5,7H2,1-2H3/t13?,14-,15+,18+/m0/s1. The number of hydrogen-bond acceptors (Lipinski definition) is 4. The molecule has 0 amide bonds. The maximum absolute atomic E-state index is 14.4. The van der Waals surface area contributed by atoms with E-state index in [1.54, 1.807) is 12.3 Å². The highest BCUT2D eigenvalue weighted by molar-refractivity contribution is 5.42. The van der Waals surface area contributed by atoms with Crippen molar-refractivity contribution in [1.82, 2.24) is 15.1 Å². The minimum absolute atomic E-state index is 0.0640. The van der Waals surface area contributed by atoms with Crippen LogP contribution in [-0.2, 0) is 6.42 Å². The lowest BCUT2D eigenvalue weighted by atomic mass is 9.82. The number of fused-ring (bicyclic) bond motifs is 1. The molecule has 1 aromatic heterocycles. The van der Waals surface area contributed by atoms with Crippen LogP contribution in [0.1, 0.15) is 41.6 Å². The predicted molar refractivity (Wildman–Crippen MR) is 87.6 cm³/mol. The number of nitrogens with one attached hydrogen (secondary N) is 1. The molecule has 1 aromatic carbocycles. The number of nitrogens with zero attached hydrogens (tertiary/aromatic N) is 2. The van der Waals surface area contributed by atoms with Crippen molar-refractivity contribution in [3.05, 3.63) is 47.0 Å². The Balaban J connectivity index is 1.53. The third-order valence-corrected chi connectivity index (χ3v) is 5.28. The van der Waals surface area contributed by atoms with Crippen molar-refractivity contribution in [2.75, 3.05) is 7.11 Å². The Morgan fingerprint density at radius 1 is 1.42 bits per heavy atom. The van der Waals surface area contributed by atoms with E-state index in [2.05, 4.69) is 10.4 Å². The smallest absolute Gasteiger partial charge is 0.168 e. The van der Waals surface area contributed by atoms with Gasteiger partial charge < -0.3 is 15.2 Å². The van der Waals surface area contributed by atoms with Crippen molar-refractivity contribution in [2.45, 2.75) is 50.4 Å². The van der Waals surface area contributed by atoms with Gasteiger partial charge in [0.1, 0.15) is 0 Å². The van der Waals surface area contributed by atoms with Gasteiger partial charge in [-0.05, 0) is 48.9 Å². The molecular weight excluding hydrogens is 309 g/mol. The second-order valence-corrected chi connectivity index (χ2v) is 6.81. The molecule has 4 rings (SSSR count). The fourth-order valence-electron chi connectivity index (χ4n) is 3.96. The van der Waals surface area contributed by atoms with Crippen molar-refractivity contribution in [3.63, 3.8) is 0 Å². The highest BCUT2D eigenvalue weighted by Gasteiger charge is 2.43. The van der Waals surface area contributed by atoms with Crippen LogP contribution in [0, 0.1) is 12.7 Å². The lowest BCUT2D eigenvalue weighted by Gasteiger charge is -2.43. The number of aryl methyl sites for hydroxylation is 1. The molecule has 0 spiro atoms. The van der Waals surface area contributed by atoms with Gasteiger partial charge in [0.05, 0.1) is 25.5 Å². The highest BCUT2D eigenvalue weighted by atomic mass is 19.1. The third-order valence-electron chi connectivity index (χ3n) is 5.28. The number of aliphatic hydroxyl groups excluding tert-OH is 1. The molecule has 4 atom stereocenters. The summed E-state index contributed by atoms with van der Waals surface area (Å²) in [5, 5.41) is 18.1. The van der Waals surface area contributed by atoms with Crippen LogP contribution in [0.5, 0.6) is 5.75 Å². The van der Waals surface area contributed by atoms with Crippen LogP contribution < -0.4 is 10.1 Å². The first-order chi connectivity index (χ1) is 11.6. The second-order valence-electron chi connectivity index (χ2n) is 6.81. The molecule has 5 nitrogen and oxygen atoms in total. The molecule has 24 heavy (non-hydrogen) atoms. The summed E-state index contributed by atoms with van der Waals surface area (Å²) in [7, 11) is 1.49. The number of benzene rings is 1. The lowest BCUT2D eigenvalue weighted by Crippen LogP contribution is -2.55. The Bertz CT molecular complexity index is 761. The lowest BCUT2D eigenvalue weighted by molar-refractivity contribution is -0.0117. The van der Waals surface area contributed by atoms with Gasteiger partial charge in [-0.3, -0.25) is 4.68 Å². The van der Waals surface area contributed by atoms with Crippen LogP contribution in [0.2, 0.25) is 0 Å². The van der Waals surface area contributed by atoms with Gasteiger partial charge >= 0.3 is 0 Å². The summed E-state index contributed by atoms with van der Waals surface area (Å²) in [6.45, 7) is 1.99. The van der Waals surface area contributed by atoms with E-state index in [0.29, 0.717) is 18.6 Å². The van der Waals surface area contributed by atoms with E-state index in [-0.39, 0.29) is 23.9 Å². The molecular formula is C18H22FN3O2. The Kier molecular flexibility index (Phi) is 3.81. The predicted octanol–water partition coefficient (Wildman–Crippen LogP) is 2.29. The Morgan fingerprint density at radius 2 is 2.25 bits per heavy atom. The number of hydrogen-bond donors (Lipinski definition) is 2. The van der Waals surface area contributed by atoms with Gasteiger partial charge in [-0.15, -0.1) is 0 Å². The molecule has 2 aliphatic carbocycles. The van der Waals surface area contributed by atoms with Crippen LogP contribution in [-0.4, -0.2) is 34.1 Å². The SMILES string of the molecule is COc1ccc2c(c1F)CCC2N[C@H]1C[C@@H](O)[C@@H]1n1cc(C)cn1. The summed E-state index contributed by atoms with van der Waals surface area (Å²) >= 11 is 0. The van der Waals surface area contributed by atoms with Gasteiger partial charge in [0, 0.05) is 18.3 Å². The topological polar surface area (TPSA) is 59.3 Å². The number of ether oxygens (including phenoxy) is 1. The summed E-state index contributed by atoms with van der Waals surface area (Å²) in [5.74, 6) is 0.0607. The molecule has 128 valence electrons. The van der Waals surface area contributed by atoms with Crippen LogP contribution >= 0.6 is 0 Å². The van der Waals surface area contributed by atoms with E-state index >= 15 is 0 Å². The Morgan fingerprint density at radius 3 is 2.92 bits per heavy atom. The van der Waals surface area contributed by atoms with Crippen molar-refractivity contribution in [3.8, 4) is 5.75 Å². The Labute approximate surface area is 140 Å². The van der Waals surface area contributed by atoms with Crippen LogP contribution in [0.3, 0.4) is 0 Å². The average molecular weight is 331 g/mol. The number of methoxy groups -OCH3 is 1. The van der Waals surface area contributed by atoms with Gasteiger partial charge in [0.25, 0.3) is 0 Å². The van der Waals surface area contributed by atoms with E-state index in [1.165, 1.54) is 7.11 Å². The molecule has 0 saturated heterocycles. The molecule has 0 bridgehead atoms. The third kappa shape index (κ3) is 2.41. The zero-order valence-corrected chi connectivity index (χ0v) is 13.9. The summed E-state index contributed by atoms with van der Waals surface area (Å²) < 4.78 is 21.3. The number of aliphatic hydroxyl groups is 1. The van der Waals surface area contributed by atoms with E-state index < -0.39 is 6.10 Å². The molecule has 1 fully saturated rings. The minimum atomic E-state index is -0.393. The molecule has 2 N–H and O–H groups in total. The fourth-order valence-corrected chi connectivity index (χ4v) is 3.96. The van der Waals surface area contributed by atoms with Gasteiger partial charge in [0.2, 0.25) is 0 Å². The Hall–Kier alpha value is -1.92. The molecule has 1 unspecified atom stereocenters. The van der Waals surface area contributed by atoms with Crippen LogP contribution in [0.15, 0.2) is 24.5 Å². The largest absolute Gasteiger partial charge is 0.494 e. The molecule has 1 saturated carbocycles. The molecule has 2 aliphatic rings. The maximum atomic E-state index is 14.4. The zero-order valence-electron chi connectivity index (χ0n) is 13.9. The number of halogens is 1. The quantitative estimate of drug-likeness (QED) is 0.902. The van der Waals surface area contributed by atoms with E-state index in [1.807, 2.05) is 23.9 Å². The van der Waals surface area contributed by atoms with Crippen molar-refractivity contribution in [2.24, 2.45) is 0 Å². The van der Waals surface area contributed by atoms with E-state index in [0.717, 1.165) is 23.1 Å². The monoisotopic (exact) mass is 331 g/mol. The summed E-state index contributed by atoms with van der Waals surface area (Å²) in [6.07, 6.45) is 5.61. The van der Waals surface area contributed by atoms with E-state index in [9.17, 15) is 9.50 Å². The highest BCUT2D eigenvalue weighted by Crippen LogP contribution is 2.40. The summed E-state index contributed by atoms with van der Waals surface area (Å²) in [4.78, 5) is 0. The second kappa shape index (κ2) is 5.86. The molecule has 6 heteroatoms. The van der Waals surface area contributed by atoms with Crippen molar-refractivity contribution < 1.29 is 14.2 Å². The summed E-state index contributed by atoms with van der Waals surface area (Å²) in [6, 6.07) is 3.82. The first kappa shape index (κ1) is 15.6. The average Bonchev–Trinajstić information content (AvgIpc) is 3.14. The molecule has 0 radical (unpaired) electrons. The number of rotatable bonds is 4. The summed E-state index contributed by atoms with van der Waals surface area (Å²) in [5.41, 5.74) is 2.83. The first-order valence-corrected chi connectivity index (χ1v) is 8.38. The van der Waals surface area contributed by atoms with Crippen LogP contribution in [0.4, 0.5) is 4.39 Å². The zero-order chi connectivity index (χ0) is 16.8. The molecule has 0 aliphatic heterocycles. The molecule has 2 aromatic rings. The number of aromatic nitrogens is 2. The van der Waals surface area contributed by atoms with Gasteiger partial charge in [-0.1, -0.05) is 6.07 Å². The molecule has 1 heterocycles. The van der Waals surface area contributed by atoms with Gasteiger partial charge in [-0.2, -0.15) is 5.10 Å². The maximum Gasteiger partial charge on any atom is 0.168 e. The van der Waals surface area contributed by atoms with Crippen molar-refractivity contribution >= 4 is 0 Å². The van der Waals surface area contributed by atoms with Gasteiger partial charge in [0.15, 0.2) is 11.6 Å². The first-order valence-electron chi connectivity index (χ1n) is 8.38. The van der Waals surface area contributed by atoms with Crippen molar-refractivity contribution in [1.29, 1.82) is 0 Å². The fraction of sp³-hybridized carbons (Fsp3) is 0.500. The normalized spacial score (nSPS) is 28.5. The van der Waals surface area contributed by atoms with E-state index in [4.69, 9.17) is 4.74 Å². The van der Waals surface area contributed by atoms with Gasteiger partial charge in [-0.25, -0.2) is 4.39 Å². The minimum Gasteiger partial charge on any atom is -0.494 e. The van der Waals surface area contributed by atoms with Crippen LogP contribution in [0.25, 0.3) is 0 Å².